The summed E-state index contributed by atoms with van der Waals surface area (Å²) >= 11 is 5.64. The first-order valence-electron chi connectivity index (χ1n) is 5.16. The summed E-state index contributed by atoms with van der Waals surface area (Å²) in [5.41, 5.74) is 6.08. The maximum Gasteiger partial charge on any atom is 0.241 e. The van der Waals surface area contributed by atoms with Gasteiger partial charge in [-0.1, -0.05) is 19.3 Å². The van der Waals surface area contributed by atoms with Crippen LogP contribution in [0, 0.1) is 5.92 Å². The molecule has 82 valence electrons. The maximum atomic E-state index is 5.64. The summed E-state index contributed by atoms with van der Waals surface area (Å²) in [4.78, 5) is 7.68. The topological polar surface area (TPSA) is 61.0 Å². The van der Waals surface area contributed by atoms with Gasteiger partial charge in [-0.25, -0.2) is 4.98 Å². The van der Waals surface area contributed by atoms with Crippen LogP contribution in [-0.4, -0.2) is 16.6 Å². The Balaban J connectivity index is 1.83. The summed E-state index contributed by atoms with van der Waals surface area (Å²) in [5.74, 6) is 1.22. The van der Waals surface area contributed by atoms with Gasteiger partial charge in [-0.05, 0) is 23.9 Å². The maximum absolute atomic E-state index is 5.64. The lowest BCUT2D eigenvalue weighted by Gasteiger charge is -2.24. The van der Waals surface area contributed by atoms with E-state index in [1.807, 2.05) is 0 Å². The Morgan fingerprint density at radius 1 is 1.53 bits per heavy atom. The molecule has 0 spiro atoms. The highest BCUT2D eigenvalue weighted by Crippen LogP contribution is 2.29. The molecule has 15 heavy (non-hydrogen) atoms. The van der Waals surface area contributed by atoms with Gasteiger partial charge in [0, 0.05) is 0 Å². The van der Waals surface area contributed by atoms with E-state index in [1.54, 1.807) is 0 Å². The van der Waals surface area contributed by atoms with Crippen molar-refractivity contribution in [2.24, 2.45) is 5.92 Å². The van der Waals surface area contributed by atoms with Gasteiger partial charge < -0.3 is 10.5 Å². The van der Waals surface area contributed by atoms with Crippen LogP contribution in [0.25, 0.3) is 0 Å². The number of hydrogen-bond acceptors (Lipinski definition) is 4. The fraction of sp³-hybridized carbons (Fsp3) is 0.600. The second kappa shape index (κ2) is 4.66. The van der Waals surface area contributed by atoms with E-state index < -0.39 is 0 Å². The highest BCUT2D eigenvalue weighted by molar-refractivity contribution is 6.28. The Labute approximate surface area is 93.8 Å². The van der Waals surface area contributed by atoms with Crippen LogP contribution in [-0.2, 0) is 0 Å². The van der Waals surface area contributed by atoms with Gasteiger partial charge in [-0.2, -0.15) is 4.98 Å². The van der Waals surface area contributed by atoms with Crippen LogP contribution in [0.1, 0.15) is 25.7 Å². The Bertz CT molecular complexity index is 341. The Morgan fingerprint density at radius 2 is 2.33 bits per heavy atom. The Kier molecular flexibility index (Phi) is 3.26. The van der Waals surface area contributed by atoms with Gasteiger partial charge in [0.25, 0.3) is 0 Å². The van der Waals surface area contributed by atoms with Crippen LogP contribution >= 0.6 is 11.6 Å². The van der Waals surface area contributed by atoms with Crippen molar-refractivity contribution < 1.29 is 4.74 Å². The number of nitrogens with zero attached hydrogens (tertiary/aromatic N) is 2. The first kappa shape index (κ1) is 10.5. The molecule has 1 aromatic heterocycles. The normalized spacial score (nSPS) is 16.1. The molecule has 0 saturated heterocycles. The van der Waals surface area contributed by atoms with E-state index >= 15 is 0 Å². The molecule has 1 saturated carbocycles. The standard InChI is InChI=1S/C10H14ClN3O/c11-10-13-6-8(12)9(14-10)15-5-4-7-2-1-3-7/h6-7H,1-5,12H2. The zero-order valence-electron chi connectivity index (χ0n) is 8.45. The van der Waals surface area contributed by atoms with E-state index in [2.05, 4.69) is 9.97 Å². The van der Waals surface area contributed by atoms with Crippen LogP contribution in [0.3, 0.4) is 0 Å². The first-order valence-corrected chi connectivity index (χ1v) is 5.54. The molecule has 4 nitrogen and oxygen atoms in total. The number of halogens is 1. The zero-order valence-corrected chi connectivity index (χ0v) is 9.20. The van der Waals surface area contributed by atoms with E-state index in [-0.39, 0.29) is 5.28 Å². The molecule has 0 unspecified atom stereocenters. The van der Waals surface area contributed by atoms with E-state index in [4.69, 9.17) is 22.1 Å². The molecule has 1 fully saturated rings. The van der Waals surface area contributed by atoms with Crippen LogP contribution in [0.15, 0.2) is 6.20 Å². The van der Waals surface area contributed by atoms with Crippen molar-refractivity contribution in [3.63, 3.8) is 0 Å². The molecule has 0 bridgehead atoms. The van der Waals surface area contributed by atoms with Crippen molar-refractivity contribution in [1.29, 1.82) is 0 Å². The highest BCUT2D eigenvalue weighted by atomic mass is 35.5. The number of rotatable bonds is 4. The molecular formula is C10H14ClN3O. The van der Waals surface area contributed by atoms with Crippen molar-refractivity contribution in [2.45, 2.75) is 25.7 Å². The van der Waals surface area contributed by atoms with Crippen molar-refractivity contribution in [3.8, 4) is 5.88 Å². The fourth-order valence-corrected chi connectivity index (χ4v) is 1.70. The van der Waals surface area contributed by atoms with Crippen LogP contribution in [0.5, 0.6) is 5.88 Å². The van der Waals surface area contributed by atoms with Gasteiger partial charge in [0.2, 0.25) is 11.2 Å². The molecule has 1 heterocycles. The average Bonchev–Trinajstić information content (AvgIpc) is 2.15. The molecule has 0 atom stereocenters. The minimum Gasteiger partial charge on any atom is -0.476 e. The molecule has 1 aliphatic carbocycles. The Hall–Kier alpha value is -1.03. The monoisotopic (exact) mass is 227 g/mol. The second-order valence-electron chi connectivity index (χ2n) is 3.83. The molecule has 1 aliphatic rings. The zero-order chi connectivity index (χ0) is 10.7. The SMILES string of the molecule is Nc1cnc(Cl)nc1OCCC1CCC1. The molecular weight excluding hydrogens is 214 g/mol. The quantitative estimate of drug-likeness (QED) is 0.802. The third-order valence-corrected chi connectivity index (χ3v) is 2.92. The molecule has 2 rings (SSSR count). The summed E-state index contributed by atoms with van der Waals surface area (Å²) in [5, 5.41) is 0.169. The van der Waals surface area contributed by atoms with Crippen molar-refractivity contribution >= 4 is 17.3 Å². The number of nitrogen functional groups attached to an aromatic ring is 1. The summed E-state index contributed by atoms with van der Waals surface area (Å²) < 4.78 is 5.46. The lowest BCUT2D eigenvalue weighted by molar-refractivity contribution is 0.218. The third-order valence-electron chi connectivity index (χ3n) is 2.74. The molecule has 0 amide bonds. The van der Waals surface area contributed by atoms with Crippen LogP contribution < -0.4 is 10.5 Å². The number of anilines is 1. The first-order chi connectivity index (χ1) is 7.25. The number of aromatic nitrogens is 2. The van der Waals surface area contributed by atoms with E-state index in [0.717, 1.165) is 12.3 Å². The third kappa shape index (κ3) is 2.72. The van der Waals surface area contributed by atoms with Gasteiger partial charge in [0.15, 0.2) is 0 Å². The summed E-state index contributed by atoms with van der Waals surface area (Å²) in [6.45, 7) is 0.655. The lowest BCUT2D eigenvalue weighted by atomic mass is 9.83. The van der Waals surface area contributed by atoms with Gasteiger partial charge in [-0.3, -0.25) is 0 Å². The fourth-order valence-electron chi connectivity index (χ4n) is 1.57. The van der Waals surface area contributed by atoms with Crippen molar-refractivity contribution in [1.82, 2.24) is 9.97 Å². The predicted molar refractivity (Wildman–Crippen MR) is 58.9 cm³/mol. The number of nitrogens with two attached hydrogens (primary N) is 1. The lowest BCUT2D eigenvalue weighted by Crippen LogP contribution is -2.15. The molecule has 0 radical (unpaired) electrons. The molecule has 2 N–H and O–H groups in total. The van der Waals surface area contributed by atoms with E-state index in [1.165, 1.54) is 25.5 Å². The van der Waals surface area contributed by atoms with Crippen LogP contribution in [0.4, 0.5) is 5.69 Å². The molecule has 1 aromatic rings. The number of hydrogen-bond donors (Lipinski definition) is 1. The smallest absolute Gasteiger partial charge is 0.241 e. The highest BCUT2D eigenvalue weighted by Gasteiger charge is 2.17. The van der Waals surface area contributed by atoms with Gasteiger partial charge in [0.1, 0.15) is 5.69 Å². The van der Waals surface area contributed by atoms with E-state index in [9.17, 15) is 0 Å². The second-order valence-corrected chi connectivity index (χ2v) is 4.17. The summed E-state index contributed by atoms with van der Waals surface area (Å²) in [6, 6.07) is 0. The average molecular weight is 228 g/mol. The van der Waals surface area contributed by atoms with Crippen LogP contribution in [0.2, 0.25) is 5.28 Å². The van der Waals surface area contributed by atoms with Crippen molar-refractivity contribution in [3.05, 3.63) is 11.5 Å². The van der Waals surface area contributed by atoms with Crippen molar-refractivity contribution in [2.75, 3.05) is 12.3 Å². The minimum absolute atomic E-state index is 0.169. The molecule has 5 heteroatoms. The van der Waals surface area contributed by atoms with Gasteiger partial charge >= 0.3 is 0 Å². The largest absolute Gasteiger partial charge is 0.476 e. The number of ether oxygens (including phenoxy) is 1. The van der Waals surface area contributed by atoms with E-state index in [0.29, 0.717) is 18.2 Å². The molecule has 0 aliphatic heterocycles. The predicted octanol–water partition coefficient (Wildman–Crippen LogP) is 2.28. The van der Waals surface area contributed by atoms with Gasteiger partial charge in [-0.15, -0.1) is 0 Å². The molecule has 0 aromatic carbocycles. The van der Waals surface area contributed by atoms with Gasteiger partial charge in [0.05, 0.1) is 12.8 Å². The summed E-state index contributed by atoms with van der Waals surface area (Å²) in [7, 11) is 0. The minimum atomic E-state index is 0.169. The summed E-state index contributed by atoms with van der Waals surface area (Å²) in [6.07, 6.45) is 6.54. The Morgan fingerprint density at radius 3 is 3.00 bits per heavy atom.